The van der Waals surface area contributed by atoms with E-state index in [9.17, 15) is 9.59 Å². The third-order valence-electron chi connectivity index (χ3n) is 4.94. The largest absolute Gasteiger partial charge is 0.493 e. The molecule has 0 spiro atoms. The molecule has 0 unspecified atom stereocenters. The summed E-state index contributed by atoms with van der Waals surface area (Å²) >= 11 is 5.92. The smallest absolute Gasteiger partial charge is 0.336 e. The van der Waals surface area contributed by atoms with E-state index in [1.54, 1.807) is 67.8 Å². The number of ether oxygens (including phenoxy) is 3. The van der Waals surface area contributed by atoms with Gasteiger partial charge in [0.05, 0.1) is 25.2 Å². The molecule has 33 heavy (non-hydrogen) atoms. The van der Waals surface area contributed by atoms with Crippen LogP contribution in [-0.4, -0.2) is 20.2 Å². The number of methoxy groups -OCH3 is 2. The summed E-state index contributed by atoms with van der Waals surface area (Å²) in [5.74, 6) is 0.820. The molecule has 0 saturated heterocycles. The molecule has 0 fully saturated rings. The van der Waals surface area contributed by atoms with Crippen molar-refractivity contribution in [1.82, 2.24) is 0 Å². The number of esters is 1. The number of benzene rings is 3. The summed E-state index contributed by atoms with van der Waals surface area (Å²) in [7, 11) is 3.09. The molecule has 0 saturated carbocycles. The Hall–Kier alpha value is -4.03. The Labute approximate surface area is 194 Å². The minimum absolute atomic E-state index is 0.190. The highest BCUT2D eigenvalue weighted by atomic mass is 35.5. The molecule has 0 aliphatic carbocycles. The Bertz CT molecular complexity index is 1400. The summed E-state index contributed by atoms with van der Waals surface area (Å²) in [6, 6.07) is 16.8. The zero-order valence-electron chi connectivity index (χ0n) is 17.8. The molecule has 0 N–H and O–H groups in total. The monoisotopic (exact) mass is 462 g/mol. The maximum Gasteiger partial charge on any atom is 0.336 e. The summed E-state index contributed by atoms with van der Waals surface area (Å²) in [6.45, 7) is 0. The number of hydrogen-bond donors (Lipinski definition) is 0. The van der Waals surface area contributed by atoms with Crippen molar-refractivity contribution in [3.63, 3.8) is 0 Å². The lowest BCUT2D eigenvalue weighted by Crippen LogP contribution is -2.06. The third kappa shape index (κ3) is 4.91. The predicted molar refractivity (Wildman–Crippen MR) is 127 cm³/mol. The fourth-order valence-electron chi connectivity index (χ4n) is 3.27. The molecule has 0 aliphatic heterocycles. The van der Waals surface area contributed by atoms with Crippen LogP contribution in [-0.2, 0) is 4.79 Å². The Balaban J connectivity index is 1.52. The van der Waals surface area contributed by atoms with Gasteiger partial charge in [0.25, 0.3) is 0 Å². The van der Waals surface area contributed by atoms with Gasteiger partial charge >= 0.3 is 5.97 Å². The fraction of sp³-hybridized carbons (Fsp3) is 0.0769. The highest BCUT2D eigenvalue weighted by Crippen LogP contribution is 2.28. The standard InChI is InChI=1S/C26H19ClO6/c1-30-22-11-3-16(13-24(22)31-2)4-12-25(28)33-19-9-10-20-23(14-19)32-15-21(26(20)29)17-5-7-18(27)8-6-17/h3-15H,1-2H3. The van der Waals surface area contributed by atoms with Crippen LogP contribution in [0.25, 0.3) is 28.2 Å². The van der Waals surface area contributed by atoms with Crippen molar-refractivity contribution >= 4 is 34.6 Å². The van der Waals surface area contributed by atoms with Crippen molar-refractivity contribution in [2.24, 2.45) is 0 Å². The number of fused-ring (bicyclic) bond motifs is 1. The summed E-state index contributed by atoms with van der Waals surface area (Å²) < 4.78 is 21.4. The van der Waals surface area contributed by atoms with E-state index >= 15 is 0 Å². The van der Waals surface area contributed by atoms with Crippen LogP contribution in [0.4, 0.5) is 0 Å². The van der Waals surface area contributed by atoms with Crippen molar-refractivity contribution in [1.29, 1.82) is 0 Å². The third-order valence-corrected chi connectivity index (χ3v) is 5.19. The number of carbonyl (C=O) groups is 1. The van der Waals surface area contributed by atoms with Crippen LogP contribution in [0.2, 0.25) is 5.02 Å². The molecular formula is C26H19ClO6. The van der Waals surface area contributed by atoms with E-state index in [1.165, 1.54) is 25.5 Å². The van der Waals surface area contributed by atoms with E-state index in [-0.39, 0.29) is 11.2 Å². The Kier molecular flexibility index (Phi) is 6.47. The molecular weight excluding hydrogens is 444 g/mol. The van der Waals surface area contributed by atoms with Gasteiger partial charge in [-0.2, -0.15) is 0 Å². The summed E-state index contributed by atoms with van der Waals surface area (Å²) in [6.07, 6.45) is 4.28. The molecule has 3 aromatic carbocycles. The topological polar surface area (TPSA) is 75.0 Å². The number of carbonyl (C=O) groups excluding carboxylic acids is 1. The van der Waals surface area contributed by atoms with Gasteiger partial charge < -0.3 is 18.6 Å². The molecule has 1 aromatic heterocycles. The minimum Gasteiger partial charge on any atom is -0.493 e. The lowest BCUT2D eigenvalue weighted by atomic mass is 10.1. The quantitative estimate of drug-likeness (QED) is 0.206. The Morgan fingerprint density at radius 1 is 0.939 bits per heavy atom. The lowest BCUT2D eigenvalue weighted by molar-refractivity contribution is -0.128. The van der Waals surface area contributed by atoms with Crippen molar-refractivity contribution in [2.75, 3.05) is 14.2 Å². The lowest BCUT2D eigenvalue weighted by Gasteiger charge is -2.07. The van der Waals surface area contributed by atoms with Gasteiger partial charge in [-0.1, -0.05) is 29.8 Å². The van der Waals surface area contributed by atoms with Gasteiger partial charge in [0.2, 0.25) is 0 Å². The number of rotatable bonds is 6. The van der Waals surface area contributed by atoms with Gasteiger partial charge in [0.15, 0.2) is 16.9 Å². The van der Waals surface area contributed by atoms with E-state index < -0.39 is 5.97 Å². The molecule has 0 bridgehead atoms. The second-order valence-corrected chi connectivity index (χ2v) is 7.45. The summed E-state index contributed by atoms with van der Waals surface area (Å²) in [4.78, 5) is 25.1. The van der Waals surface area contributed by atoms with Crippen molar-refractivity contribution in [3.05, 3.63) is 93.8 Å². The predicted octanol–water partition coefficient (Wildman–Crippen LogP) is 5.75. The zero-order chi connectivity index (χ0) is 23.4. The first kappa shape index (κ1) is 22.2. The van der Waals surface area contributed by atoms with E-state index in [2.05, 4.69) is 0 Å². The maximum absolute atomic E-state index is 12.9. The summed E-state index contributed by atoms with van der Waals surface area (Å²) in [5, 5.41) is 0.957. The Morgan fingerprint density at radius 3 is 2.42 bits per heavy atom. The maximum atomic E-state index is 12.9. The SMILES string of the molecule is COc1ccc(C=CC(=O)Oc2ccc3c(=O)c(-c4ccc(Cl)cc4)coc3c2)cc1OC. The van der Waals surface area contributed by atoms with Crippen LogP contribution in [0, 0.1) is 0 Å². The molecule has 4 aromatic rings. The van der Waals surface area contributed by atoms with Crippen LogP contribution in [0.15, 0.2) is 82.2 Å². The number of halogens is 1. The fourth-order valence-corrected chi connectivity index (χ4v) is 3.40. The molecule has 166 valence electrons. The number of hydrogen-bond acceptors (Lipinski definition) is 6. The molecule has 0 aliphatic rings. The summed E-state index contributed by atoms with van der Waals surface area (Å²) in [5.41, 5.74) is 1.98. The molecule has 0 radical (unpaired) electrons. The van der Waals surface area contributed by atoms with Crippen LogP contribution in [0.3, 0.4) is 0 Å². The average molecular weight is 463 g/mol. The van der Waals surface area contributed by atoms with Gasteiger partial charge in [-0.25, -0.2) is 4.79 Å². The van der Waals surface area contributed by atoms with Gasteiger partial charge in [0.1, 0.15) is 17.6 Å². The van der Waals surface area contributed by atoms with Gasteiger partial charge in [-0.05, 0) is 53.6 Å². The highest BCUT2D eigenvalue weighted by molar-refractivity contribution is 6.30. The van der Waals surface area contributed by atoms with Crippen molar-refractivity contribution in [3.8, 4) is 28.4 Å². The second-order valence-electron chi connectivity index (χ2n) is 7.01. The highest BCUT2D eigenvalue weighted by Gasteiger charge is 2.11. The van der Waals surface area contributed by atoms with E-state index in [0.717, 1.165) is 5.56 Å². The molecule has 7 heteroatoms. The van der Waals surface area contributed by atoms with Crippen LogP contribution >= 0.6 is 11.6 Å². The molecule has 4 rings (SSSR count). The molecule has 6 nitrogen and oxygen atoms in total. The van der Waals surface area contributed by atoms with Gasteiger partial charge in [0, 0.05) is 17.2 Å². The van der Waals surface area contributed by atoms with E-state index in [0.29, 0.717) is 38.6 Å². The first-order valence-corrected chi connectivity index (χ1v) is 10.3. The first-order chi connectivity index (χ1) is 16.0. The van der Waals surface area contributed by atoms with Crippen LogP contribution in [0.5, 0.6) is 17.2 Å². The first-order valence-electron chi connectivity index (χ1n) is 9.92. The van der Waals surface area contributed by atoms with Crippen molar-refractivity contribution in [2.45, 2.75) is 0 Å². The van der Waals surface area contributed by atoms with Gasteiger partial charge in [-0.15, -0.1) is 0 Å². The van der Waals surface area contributed by atoms with Gasteiger partial charge in [-0.3, -0.25) is 4.79 Å². The van der Waals surface area contributed by atoms with Crippen LogP contribution in [0.1, 0.15) is 5.56 Å². The average Bonchev–Trinajstić information content (AvgIpc) is 2.83. The van der Waals surface area contributed by atoms with Crippen molar-refractivity contribution < 1.29 is 23.4 Å². The Morgan fingerprint density at radius 2 is 1.70 bits per heavy atom. The molecule has 1 heterocycles. The molecule has 0 amide bonds. The normalized spacial score (nSPS) is 11.0. The van der Waals surface area contributed by atoms with E-state index in [4.69, 9.17) is 30.2 Å². The van der Waals surface area contributed by atoms with Crippen LogP contribution < -0.4 is 19.6 Å². The van der Waals surface area contributed by atoms with E-state index in [1.807, 2.05) is 0 Å². The minimum atomic E-state index is -0.579. The molecule has 0 atom stereocenters. The zero-order valence-corrected chi connectivity index (χ0v) is 18.6. The second kappa shape index (κ2) is 9.63.